The summed E-state index contributed by atoms with van der Waals surface area (Å²) in [7, 11) is 0. The van der Waals surface area contributed by atoms with Crippen LogP contribution in [0.1, 0.15) is 25.4 Å². The Hall–Kier alpha value is -3.11. The molecule has 1 aromatic carbocycles. The van der Waals surface area contributed by atoms with E-state index >= 15 is 0 Å². The van der Waals surface area contributed by atoms with Gasteiger partial charge in [0.05, 0.1) is 27.3 Å². The Bertz CT molecular complexity index is 1230. The first-order valence-electron chi connectivity index (χ1n) is 8.56. The number of halogens is 4. The lowest BCUT2D eigenvalue weighted by Crippen LogP contribution is -2.09. The zero-order chi connectivity index (χ0) is 21.4. The minimum atomic E-state index is -2.80. The molecule has 3 aromatic heterocycles. The number of ether oxygens (including phenoxy) is 1. The molecule has 0 aliphatic carbocycles. The molecule has 0 amide bonds. The van der Waals surface area contributed by atoms with Crippen molar-refractivity contribution < 1.29 is 13.5 Å². The van der Waals surface area contributed by atoms with E-state index in [0.717, 1.165) is 6.33 Å². The zero-order valence-electron chi connectivity index (χ0n) is 15.3. The Morgan fingerprint density at radius 1 is 1.13 bits per heavy atom. The van der Waals surface area contributed by atoms with E-state index in [1.54, 1.807) is 25.1 Å². The van der Waals surface area contributed by atoms with Gasteiger partial charge in [-0.15, -0.1) is 5.10 Å². The van der Waals surface area contributed by atoms with Crippen LogP contribution in [0.25, 0.3) is 22.2 Å². The second-order valence-electron chi connectivity index (χ2n) is 6.18. The highest BCUT2D eigenvalue weighted by molar-refractivity contribution is 6.43. The van der Waals surface area contributed by atoms with Crippen LogP contribution >= 0.6 is 23.2 Å². The minimum absolute atomic E-state index is 0.0702. The summed E-state index contributed by atoms with van der Waals surface area (Å²) in [5.41, 5.74) is 7.47. The summed E-state index contributed by atoms with van der Waals surface area (Å²) in [4.78, 5) is 16.6. The summed E-state index contributed by atoms with van der Waals surface area (Å²) in [6.07, 6.45) is 2.88. The fraction of sp³-hybridized carbons (Fsp3) is 0.167. The third-order valence-corrected chi connectivity index (χ3v) is 5.08. The number of hydrogen-bond acceptors (Lipinski definition) is 7. The molecular weight excluding hydrogens is 439 g/mol. The van der Waals surface area contributed by atoms with Gasteiger partial charge in [0.1, 0.15) is 24.0 Å². The molecule has 0 saturated carbocycles. The molecule has 0 fully saturated rings. The number of nitrogens with two attached hydrogens (primary N) is 1. The van der Waals surface area contributed by atoms with E-state index in [1.807, 2.05) is 0 Å². The number of hydrogen-bond donors (Lipinski definition) is 1. The number of pyridine rings is 1. The Balaban J connectivity index is 1.79. The maximum absolute atomic E-state index is 12.8. The van der Waals surface area contributed by atoms with Crippen molar-refractivity contribution >= 4 is 39.9 Å². The standard InChI is InChI=1S/C18H13Cl2F2N7O/c1-8(17-27-7-29(28-17)18(21)22)30-11-5-24-14(9-3-2-4-10(19)13(9)20)15-12(11)16(23)26-6-25-15/h2-8,18H,1H3,(H2,23,25,26)/t8-/m0/s1. The van der Waals surface area contributed by atoms with Crippen LogP contribution in [-0.4, -0.2) is 29.7 Å². The lowest BCUT2D eigenvalue weighted by Gasteiger charge is -2.16. The molecule has 3 heterocycles. The van der Waals surface area contributed by atoms with Crippen LogP contribution in [0, 0.1) is 0 Å². The van der Waals surface area contributed by atoms with E-state index in [4.69, 9.17) is 33.7 Å². The largest absolute Gasteiger partial charge is 0.480 e. The van der Waals surface area contributed by atoms with Gasteiger partial charge in [0.2, 0.25) is 0 Å². The highest BCUT2D eigenvalue weighted by Gasteiger charge is 2.21. The molecule has 0 unspecified atom stereocenters. The van der Waals surface area contributed by atoms with E-state index in [-0.39, 0.29) is 17.4 Å². The first kappa shape index (κ1) is 20.2. The SMILES string of the molecule is C[C@H](Oc1cnc(-c2cccc(Cl)c2Cl)c2ncnc(N)c12)c1ncn(C(F)F)n1. The van der Waals surface area contributed by atoms with Gasteiger partial charge in [-0.3, -0.25) is 0 Å². The van der Waals surface area contributed by atoms with Crippen molar-refractivity contribution in [1.29, 1.82) is 0 Å². The van der Waals surface area contributed by atoms with Gasteiger partial charge in [0.25, 0.3) is 0 Å². The number of fused-ring (bicyclic) bond motifs is 1. The van der Waals surface area contributed by atoms with Crippen molar-refractivity contribution in [3.8, 4) is 17.0 Å². The lowest BCUT2D eigenvalue weighted by atomic mass is 10.1. The van der Waals surface area contributed by atoms with Gasteiger partial charge in [-0.2, -0.15) is 13.5 Å². The second-order valence-corrected chi connectivity index (χ2v) is 6.96. The van der Waals surface area contributed by atoms with Crippen LogP contribution in [-0.2, 0) is 0 Å². The smallest absolute Gasteiger partial charge is 0.334 e. The fourth-order valence-corrected chi connectivity index (χ4v) is 3.25. The molecule has 154 valence electrons. The first-order chi connectivity index (χ1) is 14.4. The number of aromatic nitrogens is 6. The van der Waals surface area contributed by atoms with Crippen molar-refractivity contribution in [2.75, 3.05) is 5.73 Å². The average Bonchev–Trinajstić information content (AvgIpc) is 3.21. The van der Waals surface area contributed by atoms with E-state index in [0.29, 0.717) is 36.9 Å². The minimum Gasteiger partial charge on any atom is -0.480 e. The van der Waals surface area contributed by atoms with E-state index in [9.17, 15) is 8.78 Å². The van der Waals surface area contributed by atoms with Crippen LogP contribution in [0.4, 0.5) is 14.6 Å². The maximum Gasteiger partial charge on any atom is 0.334 e. The highest BCUT2D eigenvalue weighted by Crippen LogP contribution is 2.39. The van der Waals surface area contributed by atoms with Gasteiger partial charge in [0.15, 0.2) is 17.7 Å². The predicted molar refractivity (Wildman–Crippen MR) is 108 cm³/mol. The Labute approximate surface area is 178 Å². The van der Waals surface area contributed by atoms with Crippen LogP contribution in [0.5, 0.6) is 5.75 Å². The average molecular weight is 452 g/mol. The van der Waals surface area contributed by atoms with Crippen LogP contribution in [0.3, 0.4) is 0 Å². The number of anilines is 1. The summed E-state index contributed by atoms with van der Waals surface area (Å²) in [6.45, 7) is -1.19. The van der Waals surface area contributed by atoms with E-state index in [1.165, 1.54) is 12.5 Å². The van der Waals surface area contributed by atoms with Crippen molar-refractivity contribution in [2.45, 2.75) is 19.6 Å². The predicted octanol–water partition coefficient (Wildman–Crippen LogP) is 4.71. The Kier molecular flexibility index (Phi) is 5.35. The summed E-state index contributed by atoms with van der Waals surface area (Å²) in [6, 6.07) is 5.14. The molecule has 1 atom stereocenters. The molecule has 0 saturated heterocycles. The molecule has 8 nitrogen and oxygen atoms in total. The monoisotopic (exact) mass is 451 g/mol. The molecular formula is C18H13Cl2F2N7O. The molecule has 0 radical (unpaired) electrons. The fourth-order valence-electron chi connectivity index (χ4n) is 2.86. The summed E-state index contributed by atoms with van der Waals surface area (Å²) >= 11 is 12.5. The lowest BCUT2D eigenvalue weighted by molar-refractivity contribution is 0.0550. The summed E-state index contributed by atoms with van der Waals surface area (Å²) < 4.78 is 31.8. The number of benzene rings is 1. The Morgan fingerprint density at radius 3 is 2.67 bits per heavy atom. The third-order valence-electron chi connectivity index (χ3n) is 4.26. The molecule has 2 N–H and O–H groups in total. The zero-order valence-corrected chi connectivity index (χ0v) is 16.8. The molecule has 0 spiro atoms. The second kappa shape index (κ2) is 7.96. The highest BCUT2D eigenvalue weighted by atomic mass is 35.5. The van der Waals surface area contributed by atoms with Gasteiger partial charge >= 0.3 is 6.55 Å². The number of rotatable bonds is 5. The van der Waals surface area contributed by atoms with Gasteiger partial charge in [-0.25, -0.2) is 19.9 Å². The van der Waals surface area contributed by atoms with Crippen LogP contribution in [0.15, 0.2) is 37.1 Å². The number of alkyl halides is 2. The Morgan fingerprint density at radius 2 is 1.93 bits per heavy atom. The number of nitrogens with zero attached hydrogens (tertiary/aromatic N) is 6. The maximum atomic E-state index is 12.8. The molecule has 0 aliphatic rings. The third kappa shape index (κ3) is 3.59. The topological polar surface area (TPSA) is 105 Å². The van der Waals surface area contributed by atoms with Gasteiger partial charge in [-0.1, -0.05) is 35.3 Å². The summed E-state index contributed by atoms with van der Waals surface area (Å²) in [5.74, 6) is 0.460. The van der Waals surface area contributed by atoms with Gasteiger partial charge in [0, 0.05) is 5.56 Å². The quantitative estimate of drug-likeness (QED) is 0.468. The summed E-state index contributed by atoms with van der Waals surface area (Å²) in [5, 5.41) is 4.77. The van der Waals surface area contributed by atoms with Crippen molar-refractivity contribution in [1.82, 2.24) is 29.7 Å². The van der Waals surface area contributed by atoms with E-state index in [2.05, 4.69) is 25.0 Å². The molecule has 12 heteroatoms. The van der Waals surface area contributed by atoms with Gasteiger partial charge in [-0.05, 0) is 13.0 Å². The normalized spacial score (nSPS) is 12.5. The number of nitrogen functional groups attached to an aromatic ring is 1. The van der Waals surface area contributed by atoms with Crippen molar-refractivity contribution in [3.63, 3.8) is 0 Å². The van der Waals surface area contributed by atoms with Crippen LogP contribution < -0.4 is 10.5 Å². The molecule has 30 heavy (non-hydrogen) atoms. The van der Waals surface area contributed by atoms with Crippen molar-refractivity contribution in [3.05, 3.63) is 52.9 Å². The molecule has 4 rings (SSSR count). The molecule has 0 bridgehead atoms. The van der Waals surface area contributed by atoms with Crippen molar-refractivity contribution in [2.24, 2.45) is 0 Å². The first-order valence-corrected chi connectivity index (χ1v) is 9.31. The van der Waals surface area contributed by atoms with Gasteiger partial charge < -0.3 is 10.5 Å². The van der Waals surface area contributed by atoms with Crippen LogP contribution in [0.2, 0.25) is 10.0 Å². The molecule has 0 aliphatic heterocycles. The molecule has 4 aromatic rings. The van der Waals surface area contributed by atoms with E-state index < -0.39 is 12.7 Å².